The van der Waals surface area contributed by atoms with E-state index in [9.17, 15) is 4.79 Å². The van der Waals surface area contributed by atoms with Gasteiger partial charge >= 0.3 is 0 Å². The topological polar surface area (TPSA) is 38.3 Å². The summed E-state index contributed by atoms with van der Waals surface area (Å²) in [5, 5.41) is 3.12. The molecule has 1 amide bonds. The summed E-state index contributed by atoms with van der Waals surface area (Å²) in [7, 11) is 0. The number of hydrogen-bond donors (Lipinski definition) is 1. The van der Waals surface area contributed by atoms with Crippen LogP contribution in [0.4, 0.5) is 0 Å². The third-order valence-corrected chi connectivity index (χ3v) is 5.13. The molecule has 0 spiro atoms. The molecule has 2 aromatic rings. The van der Waals surface area contributed by atoms with Crippen LogP contribution in [0.3, 0.4) is 0 Å². The summed E-state index contributed by atoms with van der Waals surface area (Å²) < 4.78 is 5.96. The van der Waals surface area contributed by atoms with E-state index >= 15 is 0 Å². The van der Waals surface area contributed by atoms with Gasteiger partial charge < -0.3 is 10.1 Å². The zero-order valence-electron chi connectivity index (χ0n) is 17.1. The second-order valence-electron chi connectivity index (χ2n) is 7.28. The Bertz CT molecular complexity index is 795. The minimum Gasteiger partial charge on any atom is -0.481 e. The number of amides is 1. The van der Waals surface area contributed by atoms with Crippen LogP contribution in [0.15, 0.2) is 30.3 Å². The molecule has 0 aliphatic carbocycles. The standard InChI is InChI=1S/C23H31NO2/c1-8-22(26-20-10-9-14(2)16(4)12-20)23(25)24-19(7)21-13-17(5)15(3)11-18(21)6/h9-13,19,22H,8H2,1-7H3,(H,24,25)/t19-,22+/m1/s1. The molecule has 0 unspecified atom stereocenters. The molecular weight excluding hydrogens is 322 g/mol. The van der Waals surface area contributed by atoms with E-state index in [1.54, 1.807) is 0 Å². The zero-order valence-corrected chi connectivity index (χ0v) is 17.1. The average molecular weight is 354 g/mol. The highest BCUT2D eigenvalue weighted by molar-refractivity contribution is 5.81. The molecule has 2 rings (SSSR count). The lowest BCUT2D eigenvalue weighted by atomic mass is 9.96. The Labute approximate surface area is 157 Å². The maximum absolute atomic E-state index is 12.7. The molecule has 0 heterocycles. The van der Waals surface area contributed by atoms with Gasteiger partial charge in [-0.1, -0.05) is 25.1 Å². The highest BCUT2D eigenvalue weighted by Crippen LogP contribution is 2.23. The Morgan fingerprint density at radius 1 is 0.923 bits per heavy atom. The van der Waals surface area contributed by atoms with Crippen molar-refractivity contribution in [3.63, 3.8) is 0 Å². The van der Waals surface area contributed by atoms with Crippen LogP contribution >= 0.6 is 0 Å². The molecule has 0 radical (unpaired) electrons. The number of benzene rings is 2. The lowest BCUT2D eigenvalue weighted by Gasteiger charge is -2.22. The number of ether oxygens (including phenoxy) is 1. The molecular formula is C23H31NO2. The molecule has 0 aromatic heterocycles. The number of nitrogens with one attached hydrogen (secondary N) is 1. The molecule has 0 aliphatic rings. The minimum absolute atomic E-state index is 0.0563. The van der Waals surface area contributed by atoms with Gasteiger partial charge in [-0.2, -0.15) is 0 Å². The first-order chi connectivity index (χ1) is 12.2. The normalized spacial score (nSPS) is 13.2. The fourth-order valence-corrected chi connectivity index (χ4v) is 3.11. The van der Waals surface area contributed by atoms with Crippen LogP contribution in [0.1, 0.15) is 59.7 Å². The number of carbonyl (C=O) groups is 1. The smallest absolute Gasteiger partial charge is 0.261 e. The van der Waals surface area contributed by atoms with Gasteiger partial charge in [0.15, 0.2) is 6.10 Å². The maximum Gasteiger partial charge on any atom is 0.261 e. The van der Waals surface area contributed by atoms with Crippen LogP contribution in [0.25, 0.3) is 0 Å². The summed E-state index contributed by atoms with van der Waals surface area (Å²) in [5.74, 6) is 0.668. The van der Waals surface area contributed by atoms with E-state index in [1.165, 1.54) is 22.3 Å². The maximum atomic E-state index is 12.7. The minimum atomic E-state index is -0.494. The van der Waals surface area contributed by atoms with Crippen molar-refractivity contribution in [3.8, 4) is 5.75 Å². The van der Waals surface area contributed by atoms with Gasteiger partial charge in [-0.15, -0.1) is 0 Å². The molecule has 2 atom stereocenters. The van der Waals surface area contributed by atoms with Gasteiger partial charge in [-0.3, -0.25) is 4.79 Å². The van der Waals surface area contributed by atoms with Gasteiger partial charge in [0.25, 0.3) is 5.91 Å². The van der Waals surface area contributed by atoms with E-state index < -0.39 is 6.10 Å². The molecule has 3 heteroatoms. The van der Waals surface area contributed by atoms with Crippen LogP contribution in [0, 0.1) is 34.6 Å². The van der Waals surface area contributed by atoms with Crippen molar-refractivity contribution in [3.05, 3.63) is 63.7 Å². The Balaban J connectivity index is 2.10. The lowest BCUT2D eigenvalue weighted by molar-refractivity contribution is -0.128. The highest BCUT2D eigenvalue weighted by atomic mass is 16.5. The van der Waals surface area contributed by atoms with Crippen molar-refractivity contribution in [2.24, 2.45) is 0 Å². The largest absolute Gasteiger partial charge is 0.481 e. The van der Waals surface area contributed by atoms with Gasteiger partial charge in [0.2, 0.25) is 0 Å². The van der Waals surface area contributed by atoms with Crippen molar-refractivity contribution >= 4 is 5.91 Å². The summed E-state index contributed by atoms with van der Waals surface area (Å²) in [6.45, 7) is 14.4. The molecule has 0 aliphatic heterocycles. The first-order valence-electron chi connectivity index (χ1n) is 9.35. The summed E-state index contributed by atoms with van der Waals surface area (Å²) >= 11 is 0. The quantitative estimate of drug-likeness (QED) is 0.769. The van der Waals surface area contributed by atoms with E-state index in [0.717, 1.165) is 16.9 Å². The molecule has 0 bridgehead atoms. The van der Waals surface area contributed by atoms with E-state index in [0.29, 0.717) is 6.42 Å². The molecule has 0 saturated heterocycles. The monoisotopic (exact) mass is 353 g/mol. The molecule has 0 fully saturated rings. The number of aryl methyl sites for hydroxylation is 5. The summed E-state index contributed by atoms with van der Waals surface area (Å²) in [5.41, 5.74) is 7.25. The van der Waals surface area contributed by atoms with Crippen LogP contribution in [0.2, 0.25) is 0 Å². The Kier molecular flexibility index (Phi) is 6.47. The van der Waals surface area contributed by atoms with Gasteiger partial charge in [0.1, 0.15) is 5.75 Å². The first kappa shape index (κ1) is 20.0. The van der Waals surface area contributed by atoms with Crippen molar-refractivity contribution < 1.29 is 9.53 Å². The highest BCUT2D eigenvalue weighted by Gasteiger charge is 2.21. The average Bonchev–Trinajstić information content (AvgIpc) is 2.58. The number of rotatable bonds is 6. The fourth-order valence-electron chi connectivity index (χ4n) is 3.11. The molecule has 26 heavy (non-hydrogen) atoms. The van der Waals surface area contributed by atoms with Gasteiger partial charge in [0.05, 0.1) is 6.04 Å². The van der Waals surface area contributed by atoms with Crippen molar-refractivity contribution in [1.29, 1.82) is 0 Å². The third-order valence-electron chi connectivity index (χ3n) is 5.13. The van der Waals surface area contributed by atoms with Gasteiger partial charge in [0, 0.05) is 0 Å². The van der Waals surface area contributed by atoms with E-state index in [4.69, 9.17) is 4.74 Å². The molecule has 0 saturated carbocycles. The van der Waals surface area contributed by atoms with Crippen molar-refractivity contribution in [2.75, 3.05) is 0 Å². The van der Waals surface area contributed by atoms with Gasteiger partial charge in [-0.05, 0) is 93.5 Å². The predicted molar refractivity (Wildman–Crippen MR) is 108 cm³/mol. The zero-order chi connectivity index (χ0) is 19.4. The van der Waals surface area contributed by atoms with Crippen LogP contribution in [0.5, 0.6) is 5.75 Å². The number of carbonyl (C=O) groups excluding carboxylic acids is 1. The predicted octanol–water partition coefficient (Wildman–Crippen LogP) is 5.26. The van der Waals surface area contributed by atoms with Crippen LogP contribution in [-0.2, 0) is 4.79 Å². The molecule has 140 valence electrons. The second-order valence-corrected chi connectivity index (χ2v) is 7.28. The van der Waals surface area contributed by atoms with E-state index in [2.05, 4.69) is 45.1 Å². The van der Waals surface area contributed by atoms with E-state index in [-0.39, 0.29) is 11.9 Å². The van der Waals surface area contributed by atoms with Crippen molar-refractivity contribution in [2.45, 2.75) is 67.0 Å². The SMILES string of the molecule is CC[C@H](Oc1ccc(C)c(C)c1)C(=O)N[C@H](C)c1cc(C)c(C)cc1C. The number of hydrogen-bond acceptors (Lipinski definition) is 2. The second kappa shape index (κ2) is 8.39. The molecule has 2 aromatic carbocycles. The Morgan fingerprint density at radius 2 is 1.54 bits per heavy atom. The van der Waals surface area contributed by atoms with E-state index in [1.807, 2.05) is 39.0 Å². The molecule has 3 nitrogen and oxygen atoms in total. The third kappa shape index (κ3) is 4.66. The first-order valence-corrected chi connectivity index (χ1v) is 9.35. The van der Waals surface area contributed by atoms with Crippen LogP contribution in [-0.4, -0.2) is 12.0 Å². The fraction of sp³-hybridized carbons (Fsp3) is 0.435. The molecule has 1 N–H and O–H groups in total. The van der Waals surface area contributed by atoms with Crippen molar-refractivity contribution in [1.82, 2.24) is 5.32 Å². The lowest BCUT2D eigenvalue weighted by Crippen LogP contribution is -2.39. The summed E-state index contributed by atoms with van der Waals surface area (Å²) in [4.78, 5) is 12.7. The Hall–Kier alpha value is -2.29. The summed E-state index contributed by atoms with van der Waals surface area (Å²) in [6, 6.07) is 10.2. The van der Waals surface area contributed by atoms with Crippen LogP contribution < -0.4 is 10.1 Å². The Morgan fingerprint density at radius 3 is 2.15 bits per heavy atom. The van der Waals surface area contributed by atoms with Gasteiger partial charge in [-0.25, -0.2) is 0 Å². The summed E-state index contributed by atoms with van der Waals surface area (Å²) in [6.07, 6.45) is 0.128.